The molecule has 0 spiro atoms. The molecular weight excluding hydrogens is 298 g/mol. The van der Waals surface area contributed by atoms with Crippen molar-refractivity contribution in [3.8, 4) is 0 Å². The molecule has 0 aliphatic heterocycles. The van der Waals surface area contributed by atoms with Crippen molar-refractivity contribution >= 4 is 39.8 Å². The zero-order valence-electron chi connectivity index (χ0n) is 10.4. The van der Waals surface area contributed by atoms with E-state index in [1.807, 2.05) is 0 Å². The van der Waals surface area contributed by atoms with Gasteiger partial charge in [-0.2, -0.15) is 0 Å². The number of hydrogen-bond acceptors (Lipinski definition) is 5. The first-order valence-corrected chi connectivity index (χ1v) is 7.04. The van der Waals surface area contributed by atoms with Gasteiger partial charge in [0.1, 0.15) is 0 Å². The van der Waals surface area contributed by atoms with Crippen molar-refractivity contribution < 1.29 is 9.59 Å². The van der Waals surface area contributed by atoms with E-state index in [1.54, 1.807) is 24.3 Å². The quantitative estimate of drug-likeness (QED) is 0.802. The van der Waals surface area contributed by atoms with Crippen LogP contribution in [0.15, 0.2) is 30.5 Å². The fraction of sp³-hybridized carbons (Fsp3) is 0.154. The molecule has 1 heterocycles. The molecule has 0 aliphatic rings. The Morgan fingerprint density at radius 2 is 2.10 bits per heavy atom. The number of nitrogens with two attached hydrogens (primary N) is 1. The number of nitrogens with zero attached hydrogens (tertiary/aromatic N) is 1. The fourth-order valence-electron chi connectivity index (χ4n) is 1.53. The highest BCUT2D eigenvalue weighted by Crippen LogP contribution is 2.24. The second kappa shape index (κ2) is 6.49. The van der Waals surface area contributed by atoms with E-state index in [2.05, 4.69) is 10.3 Å². The summed E-state index contributed by atoms with van der Waals surface area (Å²) in [6.45, 7) is 0.391. The molecule has 104 valence electrons. The monoisotopic (exact) mass is 309 g/mol. The Hall–Kier alpha value is -1.92. The molecular formula is C13H12ClN3O2S. The van der Waals surface area contributed by atoms with Crippen LogP contribution in [0.2, 0.25) is 5.02 Å². The minimum absolute atomic E-state index is 0.170. The number of halogens is 1. The van der Waals surface area contributed by atoms with Crippen LogP contribution in [-0.2, 0) is 4.79 Å². The van der Waals surface area contributed by atoms with Crippen molar-refractivity contribution in [2.24, 2.45) is 5.73 Å². The van der Waals surface area contributed by atoms with Crippen molar-refractivity contribution in [1.29, 1.82) is 0 Å². The van der Waals surface area contributed by atoms with Gasteiger partial charge >= 0.3 is 0 Å². The van der Waals surface area contributed by atoms with Gasteiger partial charge in [-0.05, 0) is 12.1 Å². The number of hydrogen-bond donors (Lipinski definition) is 2. The number of carbonyl (C=O) groups excluding carboxylic acids is 2. The van der Waals surface area contributed by atoms with Gasteiger partial charge in [0.15, 0.2) is 5.13 Å². The van der Waals surface area contributed by atoms with E-state index in [0.717, 1.165) is 0 Å². The third-order valence-corrected chi connectivity index (χ3v) is 3.78. The lowest BCUT2D eigenvalue weighted by Gasteiger charge is -2.00. The molecule has 0 unspecified atom stereocenters. The number of aromatic nitrogens is 1. The molecule has 0 fully saturated rings. The van der Waals surface area contributed by atoms with Gasteiger partial charge in [-0.25, -0.2) is 4.98 Å². The van der Waals surface area contributed by atoms with Crippen LogP contribution in [-0.4, -0.2) is 23.2 Å². The smallest absolute Gasteiger partial charge is 0.219 e. The normalized spacial score (nSPS) is 10.2. The summed E-state index contributed by atoms with van der Waals surface area (Å²) in [4.78, 5) is 27.4. The van der Waals surface area contributed by atoms with Crippen LogP contribution in [0.1, 0.15) is 21.7 Å². The molecule has 1 aromatic carbocycles. The zero-order chi connectivity index (χ0) is 14.5. The second-order valence-electron chi connectivity index (χ2n) is 3.98. The summed E-state index contributed by atoms with van der Waals surface area (Å²) in [5.41, 5.74) is 5.48. The van der Waals surface area contributed by atoms with Crippen molar-refractivity contribution in [3.63, 3.8) is 0 Å². The first-order valence-electron chi connectivity index (χ1n) is 5.85. The molecule has 2 rings (SSSR count). The van der Waals surface area contributed by atoms with Crippen molar-refractivity contribution in [1.82, 2.24) is 4.98 Å². The summed E-state index contributed by atoms with van der Waals surface area (Å²) in [5.74, 6) is -0.558. The lowest BCUT2D eigenvalue weighted by molar-refractivity contribution is -0.117. The minimum atomic E-state index is -0.388. The van der Waals surface area contributed by atoms with Gasteiger partial charge in [-0.1, -0.05) is 35.1 Å². The number of carbonyl (C=O) groups is 2. The van der Waals surface area contributed by atoms with Crippen molar-refractivity contribution in [3.05, 3.63) is 45.9 Å². The molecule has 0 bridgehead atoms. The maximum Gasteiger partial charge on any atom is 0.219 e. The molecule has 0 aliphatic carbocycles. The molecule has 1 amide bonds. The van der Waals surface area contributed by atoms with E-state index in [-0.39, 0.29) is 18.1 Å². The average molecular weight is 310 g/mol. The maximum absolute atomic E-state index is 12.2. The molecule has 0 saturated heterocycles. The van der Waals surface area contributed by atoms with Gasteiger partial charge in [-0.15, -0.1) is 0 Å². The summed E-state index contributed by atoms with van der Waals surface area (Å²) < 4.78 is 0. The van der Waals surface area contributed by atoms with Crippen LogP contribution in [0.25, 0.3) is 0 Å². The maximum atomic E-state index is 12.2. The Balaban J connectivity index is 2.07. The first kappa shape index (κ1) is 14.5. The van der Waals surface area contributed by atoms with Gasteiger partial charge in [-0.3, -0.25) is 9.59 Å². The molecule has 0 radical (unpaired) electrons. The Morgan fingerprint density at radius 3 is 2.80 bits per heavy atom. The second-order valence-corrected chi connectivity index (χ2v) is 5.42. The van der Waals surface area contributed by atoms with E-state index in [1.165, 1.54) is 17.5 Å². The third kappa shape index (κ3) is 3.55. The van der Waals surface area contributed by atoms with Crippen LogP contribution in [0, 0.1) is 0 Å². The Morgan fingerprint density at radius 1 is 1.35 bits per heavy atom. The van der Waals surface area contributed by atoms with E-state index >= 15 is 0 Å². The lowest BCUT2D eigenvalue weighted by Crippen LogP contribution is -2.15. The van der Waals surface area contributed by atoms with Crippen LogP contribution in [0.4, 0.5) is 5.13 Å². The molecule has 0 saturated carbocycles. The standard InChI is InChI=1S/C13H12ClN3O2S/c14-9-4-2-1-3-8(9)12(19)10-7-17-13(20-10)16-6-5-11(15)18/h1-4,7H,5-6H2,(H2,15,18)(H,16,17). The topological polar surface area (TPSA) is 85.1 Å². The number of amides is 1. The number of benzene rings is 1. The molecule has 0 atom stereocenters. The predicted octanol–water partition coefficient (Wildman–Crippen LogP) is 2.31. The molecule has 1 aromatic heterocycles. The van der Waals surface area contributed by atoms with E-state index in [4.69, 9.17) is 17.3 Å². The first-order chi connectivity index (χ1) is 9.58. The van der Waals surface area contributed by atoms with E-state index < -0.39 is 0 Å². The van der Waals surface area contributed by atoms with Crippen LogP contribution in [0.3, 0.4) is 0 Å². The number of rotatable bonds is 6. The Labute approximate surface area is 124 Å². The predicted molar refractivity (Wildman–Crippen MR) is 79.3 cm³/mol. The summed E-state index contributed by atoms with van der Waals surface area (Å²) >= 11 is 7.20. The summed E-state index contributed by atoms with van der Waals surface area (Å²) in [7, 11) is 0. The van der Waals surface area contributed by atoms with Crippen LogP contribution in [0.5, 0.6) is 0 Å². The SMILES string of the molecule is NC(=O)CCNc1ncc(C(=O)c2ccccc2Cl)s1. The fourth-order valence-corrected chi connectivity index (χ4v) is 2.55. The van der Waals surface area contributed by atoms with Crippen LogP contribution < -0.4 is 11.1 Å². The number of anilines is 1. The minimum Gasteiger partial charge on any atom is -0.370 e. The largest absolute Gasteiger partial charge is 0.370 e. The number of nitrogens with one attached hydrogen (secondary N) is 1. The van der Waals surface area contributed by atoms with Gasteiger partial charge in [0.2, 0.25) is 11.7 Å². The van der Waals surface area contributed by atoms with Gasteiger partial charge in [0.25, 0.3) is 0 Å². The molecule has 2 aromatic rings. The van der Waals surface area contributed by atoms with Gasteiger partial charge in [0.05, 0.1) is 16.1 Å². The number of ketones is 1. The lowest BCUT2D eigenvalue weighted by atomic mass is 10.1. The molecule has 3 N–H and O–H groups in total. The molecule has 5 nitrogen and oxygen atoms in total. The molecule has 7 heteroatoms. The summed E-state index contributed by atoms with van der Waals surface area (Å²) in [6, 6.07) is 6.86. The van der Waals surface area contributed by atoms with Gasteiger partial charge < -0.3 is 11.1 Å². The highest BCUT2D eigenvalue weighted by molar-refractivity contribution is 7.17. The summed E-state index contributed by atoms with van der Waals surface area (Å²) in [6.07, 6.45) is 1.70. The molecule has 20 heavy (non-hydrogen) atoms. The highest BCUT2D eigenvalue weighted by atomic mass is 35.5. The van der Waals surface area contributed by atoms with E-state index in [0.29, 0.717) is 27.1 Å². The Bertz CT molecular complexity index is 642. The number of primary amides is 1. The van der Waals surface area contributed by atoms with E-state index in [9.17, 15) is 9.59 Å². The highest BCUT2D eigenvalue weighted by Gasteiger charge is 2.15. The van der Waals surface area contributed by atoms with Gasteiger partial charge in [0, 0.05) is 18.5 Å². The van der Waals surface area contributed by atoms with Crippen LogP contribution >= 0.6 is 22.9 Å². The number of thiazole rings is 1. The third-order valence-electron chi connectivity index (χ3n) is 2.50. The summed E-state index contributed by atoms with van der Waals surface area (Å²) in [5, 5.41) is 3.92. The Kier molecular flexibility index (Phi) is 4.70. The zero-order valence-corrected chi connectivity index (χ0v) is 12.0. The average Bonchev–Trinajstić information content (AvgIpc) is 2.87. The van der Waals surface area contributed by atoms with Crippen molar-refractivity contribution in [2.75, 3.05) is 11.9 Å². The van der Waals surface area contributed by atoms with Crippen molar-refractivity contribution in [2.45, 2.75) is 6.42 Å².